The predicted octanol–water partition coefficient (Wildman–Crippen LogP) is 2.29. The number of anilines is 1. The molecular formula is C16H17N3O2. The van der Waals surface area contributed by atoms with Crippen molar-refractivity contribution in [2.75, 3.05) is 11.9 Å². The lowest BCUT2D eigenvalue weighted by atomic mass is 10.1. The first-order valence-corrected chi connectivity index (χ1v) is 6.65. The van der Waals surface area contributed by atoms with Crippen LogP contribution in [0.15, 0.2) is 47.1 Å². The summed E-state index contributed by atoms with van der Waals surface area (Å²) in [5.74, 6) is 0.581. The van der Waals surface area contributed by atoms with E-state index in [0.717, 1.165) is 5.69 Å². The molecule has 0 radical (unpaired) electrons. The average molecular weight is 283 g/mol. The van der Waals surface area contributed by atoms with Gasteiger partial charge in [-0.1, -0.05) is 12.1 Å². The first-order valence-electron chi connectivity index (χ1n) is 6.65. The fourth-order valence-electron chi connectivity index (χ4n) is 2.00. The Bertz CT molecular complexity index is 644. The molecule has 21 heavy (non-hydrogen) atoms. The monoisotopic (exact) mass is 283 g/mol. The number of amides is 1. The zero-order chi connectivity index (χ0) is 15.2. The fourth-order valence-corrected chi connectivity index (χ4v) is 2.00. The minimum atomic E-state index is -0.394. The van der Waals surface area contributed by atoms with Gasteiger partial charge in [0.05, 0.1) is 24.1 Å². The number of para-hydroxylation sites is 1. The largest absolute Gasteiger partial charge is 0.467 e. The van der Waals surface area contributed by atoms with Crippen LogP contribution in [0, 0.1) is 11.3 Å². The molecule has 0 fully saturated rings. The lowest BCUT2D eigenvalue weighted by Gasteiger charge is -2.26. The maximum absolute atomic E-state index is 12.2. The number of carbonyl (C=O) groups excluding carboxylic acids is 1. The van der Waals surface area contributed by atoms with E-state index in [9.17, 15) is 4.79 Å². The number of nitriles is 1. The van der Waals surface area contributed by atoms with E-state index in [1.54, 1.807) is 49.4 Å². The maximum Gasteiger partial charge on any atom is 0.242 e. The van der Waals surface area contributed by atoms with Crippen LogP contribution in [0.5, 0.6) is 0 Å². The third kappa shape index (κ3) is 3.42. The summed E-state index contributed by atoms with van der Waals surface area (Å²) in [6, 6.07) is 12.5. The van der Waals surface area contributed by atoms with E-state index in [-0.39, 0.29) is 5.91 Å². The molecule has 0 bridgehead atoms. The van der Waals surface area contributed by atoms with Crippen molar-refractivity contribution < 1.29 is 9.21 Å². The predicted molar refractivity (Wildman–Crippen MR) is 79.6 cm³/mol. The van der Waals surface area contributed by atoms with E-state index in [4.69, 9.17) is 9.68 Å². The van der Waals surface area contributed by atoms with Crippen LogP contribution in [0.2, 0.25) is 0 Å². The minimum absolute atomic E-state index is 0.123. The maximum atomic E-state index is 12.2. The van der Waals surface area contributed by atoms with Crippen LogP contribution >= 0.6 is 0 Å². The van der Waals surface area contributed by atoms with Gasteiger partial charge in [-0.2, -0.15) is 5.26 Å². The number of furan rings is 1. The van der Waals surface area contributed by atoms with Crippen molar-refractivity contribution in [3.05, 3.63) is 54.0 Å². The molecule has 2 rings (SSSR count). The van der Waals surface area contributed by atoms with E-state index in [1.165, 1.54) is 0 Å². The average Bonchev–Trinajstić information content (AvgIpc) is 3.04. The standard InChI is InChI=1S/C16H17N3O2/c1-12(16(20)18-11-14-7-5-9-21-14)19(2)15-8-4-3-6-13(15)10-17/h3-9,12H,11H2,1-2H3,(H,18,20). The number of hydrogen-bond donors (Lipinski definition) is 1. The Kier molecular flexibility index (Phi) is 4.62. The van der Waals surface area contributed by atoms with Gasteiger partial charge in [-0.05, 0) is 31.2 Å². The third-order valence-corrected chi connectivity index (χ3v) is 3.38. The SMILES string of the molecule is CC(C(=O)NCc1ccco1)N(C)c1ccccc1C#N. The van der Waals surface area contributed by atoms with Gasteiger partial charge in [0, 0.05) is 7.05 Å². The third-order valence-electron chi connectivity index (χ3n) is 3.38. The first-order chi connectivity index (χ1) is 10.1. The molecule has 1 aromatic heterocycles. The topological polar surface area (TPSA) is 69.3 Å². The van der Waals surface area contributed by atoms with Crippen molar-refractivity contribution in [1.82, 2.24) is 5.32 Å². The van der Waals surface area contributed by atoms with Crippen molar-refractivity contribution >= 4 is 11.6 Å². The second kappa shape index (κ2) is 6.62. The van der Waals surface area contributed by atoms with E-state index in [2.05, 4.69) is 11.4 Å². The lowest BCUT2D eigenvalue weighted by Crippen LogP contribution is -2.43. The highest BCUT2D eigenvalue weighted by Gasteiger charge is 2.20. The molecule has 0 aliphatic carbocycles. The molecule has 108 valence electrons. The summed E-state index contributed by atoms with van der Waals surface area (Å²) in [6.45, 7) is 2.15. The number of nitrogens with zero attached hydrogens (tertiary/aromatic N) is 2. The smallest absolute Gasteiger partial charge is 0.242 e. The Morgan fingerprint density at radius 1 is 1.38 bits per heavy atom. The van der Waals surface area contributed by atoms with Crippen molar-refractivity contribution in [3.8, 4) is 6.07 Å². The van der Waals surface area contributed by atoms with Crippen molar-refractivity contribution in [2.24, 2.45) is 0 Å². The van der Waals surface area contributed by atoms with Gasteiger partial charge in [0.25, 0.3) is 0 Å². The molecule has 1 N–H and O–H groups in total. The van der Waals surface area contributed by atoms with Gasteiger partial charge in [0.15, 0.2) is 0 Å². The number of benzene rings is 1. The van der Waals surface area contributed by atoms with Crippen LogP contribution < -0.4 is 10.2 Å². The van der Waals surface area contributed by atoms with Gasteiger partial charge in [0.2, 0.25) is 5.91 Å². The van der Waals surface area contributed by atoms with Crippen molar-refractivity contribution in [2.45, 2.75) is 19.5 Å². The molecule has 2 aromatic rings. The number of likely N-dealkylation sites (N-methyl/N-ethyl adjacent to an activating group) is 1. The molecule has 1 aromatic carbocycles. The number of carbonyl (C=O) groups is 1. The van der Waals surface area contributed by atoms with Crippen LogP contribution in [0.25, 0.3) is 0 Å². The summed E-state index contributed by atoms with van der Waals surface area (Å²) >= 11 is 0. The second-order valence-electron chi connectivity index (χ2n) is 4.71. The highest BCUT2D eigenvalue weighted by Crippen LogP contribution is 2.20. The molecule has 1 atom stereocenters. The van der Waals surface area contributed by atoms with Crippen molar-refractivity contribution in [1.29, 1.82) is 5.26 Å². The quantitative estimate of drug-likeness (QED) is 0.914. The summed E-state index contributed by atoms with van der Waals surface area (Å²) in [5, 5.41) is 11.9. The Balaban J connectivity index is 2.03. The molecule has 5 nitrogen and oxygen atoms in total. The van der Waals surface area contributed by atoms with Crippen LogP contribution in [0.3, 0.4) is 0 Å². The molecule has 0 saturated heterocycles. The second-order valence-corrected chi connectivity index (χ2v) is 4.71. The Morgan fingerprint density at radius 3 is 2.81 bits per heavy atom. The summed E-state index contributed by atoms with van der Waals surface area (Å²) < 4.78 is 5.17. The molecule has 0 spiro atoms. The Morgan fingerprint density at radius 2 is 2.14 bits per heavy atom. The Labute approximate surface area is 123 Å². The Hall–Kier alpha value is -2.74. The molecule has 0 aliphatic heterocycles. The molecule has 5 heteroatoms. The highest BCUT2D eigenvalue weighted by molar-refractivity contribution is 5.85. The van der Waals surface area contributed by atoms with Gasteiger partial charge in [-0.25, -0.2) is 0 Å². The van der Waals surface area contributed by atoms with Gasteiger partial charge >= 0.3 is 0 Å². The van der Waals surface area contributed by atoms with Gasteiger partial charge in [-0.3, -0.25) is 4.79 Å². The van der Waals surface area contributed by atoms with E-state index < -0.39 is 6.04 Å². The van der Waals surface area contributed by atoms with Crippen molar-refractivity contribution in [3.63, 3.8) is 0 Å². The minimum Gasteiger partial charge on any atom is -0.467 e. The summed E-state index contributed by atoms with van der Waals surface area (Å²) in [7, 11) is 1.80. The molecular weight excluding hydrogens is 266 g/mol. The molecule has 0 aliphatic rings. The van der Waals surface area contributed by atoms with Crippen LogP contribution in [-0.4, -0.2) is 19.0 Å². The van der Waals surface area contributed by atoms with Crippen LogP contribution in [-0.2, 0) is 11.3 Å². The van der Waals surface area contributed by atoms with Gasteiger partial charge in [-0.15, -0.1) is 0 Å². The van der Waals surface area contributed by atoms with E-state index in [0.29, 0.717) is 17.9 Å². The number of nitrogens with one attached hydrogen (secondary N) is 1. The summed E-state index contributed by atoms with van der Waals surface area (Å²) in [5.41, 5.74) is 1.28. The highest BCUT2D eigenvalue weighted by atomic mass is 16.3. The molecule has 1 unspecified atom stereocenters. The first kappa shape index (κ1) is 14.7. The zero-order valence-corrected chi connectivity index (χ0v) is 12.0. The number of hydrogen-bond acceptors (Lipinski definition) is 4. The summed E-state index contributed by atoms with van der Waals surface area (Å²) in [6.07, 6.45) is 1.57. The van der Waals surface area contributed by atoms with E-state index >= 15 is 0 Å². The molecule has 1 heterocycles. The lowest BCUT2D eigenvalue weighted by molar-refractivity contribution is -0.122. The summed E-state index contributed by atoms with van der Waals surface area (Å²) in [4.78, 5) is 14.0. The van der Waals surface area contributed by atoms with Crippen LogP contribution in [0.1, 0.15) is 18.2 Å². The number of rotatable bonds is 5. The molecule has 1 amide bonds. The normalized spacial score (nSPS) is 11.5. The van der Waals surface area contributed by atoms with E-state index in [1.807, 2.05) is 12.1 Å². The van der Waals surface area contributed by atoms with Gasteiger partial charge in [0.1, 0.15) is 17.9 Å². The van der Waals surface area contributed by atoms with Gasteiger partial charge < -0.3 is 14.6 Å². The fraction of sp³-hybridized carbons (Fsp3) is 0.250. The molecule has 0 saturated carbocycles. The zero-order valence-electron chi connectivity index (χ0n) is 12.0. The van der Waals surface area contributed by atoms with Crippen LogP contribution in [0.4, 0.5) is 5.69 Å².